The second-order valence-electron chi connectivity index (χ2n) is 3.70. The van der Waals surface area contributed by atoms with E-state index in [2.05, 4.69) is 33.1 Å². The molecule has 0 radical (unpaired) electrons. The molecule has 0 bridgehead atoms. The largest absolute Gasteiger partial charge is 0.378 e. The van der Waals surface area contributed by atoms with Gasteiger partial charge in [-0.2, -0.15) is 0 Å². The van der Waals surface area contributed by atoms with Gasteiger partial charge in [0, 0.05) is 18.8 Å². The molecule has 2 heterocycles. The lowest BCUT2D eigenvalue weighted by atomic mass is 10.2. The molecule has 4 nitrogen and oxygen atoms in total. The Morgan fingerprint density at radius 1 is 1.27 bits per heavy atom. The number of anilines is 1. The van der Waals surface area contributed by atoms with Crippen LogP contribution in [0.4, 0.5) is 5.69 Å². The predicted octanol–water partition coefficient (Wildman–Crippen LogP) is 1.40. The average Bonchev–Trinajstić information content (AvgIpc) is 2.77. The molecule has 4 heteroatoms. The van der Waals surface area contributed by atoms with Crippen molar-refractivity contribution in [3.8, 4) is 0 Å². The summed E-state index contributed by atoms with van der Waals surface area (Å²) in [7, 11) is 0. The molecule has 1 aromatic heterocycles. The van der Waals surface area contributed by atoms with Gasteiger partial charge in [0.1, 0.15) is 0 Å². The second-order valence-corrected chi connectivity index (χ2v) is 3.70. The fourth-order valence-electron chi connectivity index (χ4n) is 1.94. The van der Waals surface area contributed by atoms with Crippen molar-refractivity contribution in [3.05, 3.63) is 24.5 Å². The monoisotopic (exact) mass is 203 g/mol. The first kappa shape index (κ1) is 8.73. The minimum Gasteiger partial charge on any atom is -0.378 e. The Balaban J connectivity index is 1.95. The molecule has 1 aromatic carbocycles. The number of ether oxygens (including phenoxy) is 1. The maximum absolute atomic E-state index is 5.33. The van der Waals surface area contributed by atoms with Crippen molar-refractivity contribution in [2.75, 3.05) is 31.2 Å². The summed E-state index contributed by atoms with van der Waals surface area (Å²) < 4.78 is 5.33. The molecule has 78 valence electrons. The minimum absolute atomic E-state index is 0.818. The Labute approximate surface area is 87.9 Å². The van der Waals surface area contributed by atoms with E-state index in [9.17, 15) is 0 Å². The van der Waals surface area contributed by atoms with Crippen LogP contribution in [0, 0.1) is 0 Å². The molecule has 0 spiro atoms. The van der Waals surface area contributed by atoms with Gasteiger partial charge in [0.25, 0.3) is 0 Å². The zero-order valence-corrected chi connectivity index (χ0v) is 8.44. The van der Waals surface area contributed by atoms with Gasteiger partial charge >= 0.3 is 0 Å². The molecular weight excluding hydrogens is 190 g/mol. The number of rotatable bonds is 1. The van der Waals surface area contributed by atoms with E-state index in [1.54, 1.807) is 6.33 Å². The predicted molar refractivity (Wildman–Crippen MR) is 59.1 cm³/mol. The van der Waals surface area contributed by atoms with Gasteiger partial charge in [-0.1, -0.05) is 0 Å². The van der Waals surface area contributed by atoms with Gasteiger partial charge in [0.15, 0.2) is 0 Å². The number of morpholine rings is 1. The van der Waals surface area contributed by atoms with Gasteiger partial charge in [-0.05, 0) is 18.2 Å². The fraction of sp³-hybridized carbons (Fsp3) is 0.364. The summed E-state index contributed by atoms with van der Waals surface area (Å²) in [5.41, 5.74) is 3.35. The SMILES string of the molecule is c1nc2cc(N3CCOCC3)ccc2[nH]1. The molecular formula is C11H13N3O. The standard InChI is InChI=1S/C11H13N3O/c1-2-10-11(13-8-12-10)7-9(1)14-3-5-15-6-4-14/h1-2,7-8H,3-6H2,(H,12,13). The molecule has 1 saturated heterocycles. The second kappa shape index (κ2) is 3.55. The Morgan fingerprint density at radius 3 is 3.00 bits per heavy atom. The van der Waals surface area contributed by atoms with Crippen LogP contribution in [0.2, 0.25) is 0 Å². The lowest BCUT2D eigenvalue weighted by Gasteiger charge is -2.28. The zero-order chi connectivity index (χ0) is 10.1. The summed E-state index contributed by atoms with van der Waals surface area (Å²) in [6, 6.07) is 6.33. The van der Waals surface area contributed by atoms with E-state index in [1.165, 1.54) is 5.69 Å². The highest BCUT2D eigenvalue weighted by Crippen LogP contribution is 2.20. The number of nitrogens with one attached hydrogen (secondary N) is 1. The van der Waals surface area contributed by atoms with Crippen molar-refractivity contribution in [3.63, 3.8) is 0 Å². The maximum atomic E-state index is 5.33. The molecule has 1 fully saturated rings. The summed E-state index contributed by atoms with van der Waals surface area (Å²) in [5.74, 6) is 0. The van der Waals surface area contributed by atoms with Gasteiger partial charge in [-0.25, -0.2) is 4.98 Å². The summed E-state index contributed by atoms with van der Waals surface area (Å²) in [6.45, 7) is 3.57. The fourth-order valence-corrected chi connectivity index (χ4v) is 1.94. The maximum Gasteiger partial charge on any atom is 0.0931 e. The topological polar surface area (TPSA) is 41.2 Å². The minimum atomic E-state index is 0.818. The van der Waals surface area contributed by atoms with E-state index in [1.807, 2.05) is 0 Å². The molecule has 1 N–H and O–H groups in total. The zero-order valence-electron chi connectivity index (χ0n) is 8.44. The molecule has 1 aliphatic rings. The molecule has 0 atom stereocenters. The van der Waals surface area contributed by atoms with Gasteiger partial charge in [0.05, 0.1) is 30.6 Å². The third kappa shape index (κ3) is 1.57. The third-order valence-electron chi connectivity index (χ3n) is 2.78. The number of hydrogen-bond donors (Lipinski definition) is 1. The number of imidazole rings is 1. The molecule has 0 saturated carbocycles. The molecule has 3 rings (SSSR count). The van der Waals surface area contributed by atoms with E-state index in [4.69, 9.17) is 4.74 Å². The number of H-pyrrole nitrogens is 1. The Hall–Kier alpha value is -1.55. The molecule has 15 heavy (non-hydrogen) atoms. The number of aromatic amines is 1. The van der Waals surface area contributed by atoms with Crippen LogP contribution in [0.15, 0.2) is 24.5 Å². The molecule has 1 aliphatic heterocycles. The van der Waals surface area contributed by atoms with E-state index in [0.29, 0.717) is 0 Å². The van der Waals surface area contributed by atoms with Crippen LogP contribution in [0.5, 0.6) is 0 Å². The van der Waals surface area contributed by atoms with E-state index in [0.717, 1.165) is 37.3 Å². The Bertz CT molecular complexity index is 460. The lowest BCUT2D eigenvalue weighted by Crippen LogP contribution is -2.36. The van der Waals surface area contributed by atoms with Gasteiger partial charge < -0.3 is 14.6 Å². The third-order valence-corrected chi connectivity index (χ3v) is 2.78. The lowest BCUT2D eigenvalue weighted by molar-refractivity contribution is 0.122. The molecule has 0 unspecified atom stereocenters. The summed E-state index contributed by atoms with van der Waals surface area (Å²) in [4.78, 5) is 9.69. The normalized spacial score (nSPS) is 17.2. The van der Waals surface area contributed by atoms with Gasteiger partial charge in [-0.3, -0.25) is 0 Å². The highest BCUT2D eigenvalue weighted by molar-refractivity contribution is 5.79. The highest BCUT2D eigenvalue weighted by Gasteiger charge is 2.11. The van der Waals surface area contributed by atoms with Crippen LogP contribution < -0.4 is 4.90 Å². The van der Waals surface area contributed by atoms with Gasteiger partial charge in [-0.15, -0.1) is 0 Å². The van der Waals surface area contributed by atoms with Crippen LogP contribution in [-0.4, -0.2) is 36.3 Å². The van der Waals surface area contributed by atoms with Crippen molar-refractivity contribution >= 4 is 16.7 Å². The molecule has 0 amide bonds. The first-order valence-corrected chi connectivity index (χ1v) is 5.19. The number of benzene rings is 1. The van der Waals surface area contributed by atoms with Gasteiger partial charge in [0.2, 0.25) is 0 Å². The van der Waals surface area contributed by atoms with E-state index in [-0.39, 0.29) is 0 Å². The van der Waals surface area contributed by atoms with Crippen molar-refractivity contribution in [2.45, 2.75) is 0 Å². The quantitative estimate of drug-likeness (QED) is 0.761. The molecule has 0 aliphatic carbocycles. The van der Waals surface area contributed by atoms with Crippen molar-refractivity contribution < 1.29 is 4.74 Å². The number of fused-ring (bicyclic) bond motifs is 1. The van der Waals surface area contributed by atoms with Crippen LogP contribution in [-0.2, 0) is 4.74 Å². The summed E-state index contributed by atoms with van der Waals surface area (Å²) in [6.07, 6.45) is 1.73. The Morgan fingerprint density at radius 2 is 2.13 bits per heavy atom. The number of nitrogens with zero attached hydrogens (tertiary/aromatic N) is 2. The summed E-state index contributed by atoms with van der Waals surface area (Å²) in [5, 5.41) is 0. The summed E-state index contributed by atoms with van der Waals surface area (Å²) >= 11 is 0. The Kier molecular flexibility index (Phi) is 2.07. The van der Waals surface area contributed by atoms with Crippen molar-refractivity contribution in [1.29, 1.82) is 0 Å². The first-order chi connectivity index (χ1) is 7.43. The number of aromatic nitrogens is 2. The van der Waals surface area contributed by atoms with E-state index < -0.39 is 0 Å². The molecule has 2 aromatic rings. The number of hydrogen-bond acceptors (Lipinski definition) is 3. The van der Waals surface area contributed by atoms with Crippen LogP contribution in [0.1, 0.15) is 0 Å². The van der Waals surface area contributed by atoms with Crippen LogP contribution >= 0.6 is 0 Å². The van der Waals surface area contributed by atoms with Crippen molar-refractivity contribution in [1.82, 2.24) is 9.97 Å². The van der Waals surface area contributed by atoms with Crippen LogP contribution in [0.3, 0.4) is 0 Å². The smallest absolute Gasteiger partial charge is 0.0931 e. The van der Waals surface area contributed by atoms with E-state index >= 15 is 0 Å². The van der Waals surface area contributed by atoms with Crippen molar-refractivity contribution in [2.24, 2.45) is 0 Å². The highest BCUT2D eigenvalue weighted by atomic mass is 16.5. The average molecular weight is 203 g/mol. The first-order valence-electron chi connectivity index (χ1n) is 5.19. The van der Waals surface area contributed by atoms with Crippen LogP contribution in [0.25, 0.3) is 11.0 Å².